The Morgan fingerprint density at radius 3 is 2.50 bits per heavy atom. The summed E-state index contributed by atoms with van der Waals surface area (Å²) < 4.78 is 25.0. The molecule has 0 saturated heterocycles. The number of nitrogens with zero attached hydrogens (tertiary/aromatic N) is 1. The van der Waals surface area contributed by atoms with Crippen molar-refractivity contribution in [3.63, 3.8) is 0 Å². The van der Waals surface area contributed by atoms with Gasteiger partial charge in [-0.3, -0.25) is 14.4 Å². The van der Waals surface area contributed by atoms with Crippen LogP contribution >= 0.6 is 7.52 Å². The monoisotopic (exact) mass is 523 g/mol. The number of carbonyl (C=O) groups excluding carboxylic acids is 1. The number of nitrogens with one attached hydrogen (secondary N) is 2. The first-order valence-corrected chi connectivity index (χ1v) is 13.0. The third-order valence-corrected chi connectivity index (χ3v) is 8.32. The van der Waals surface area contributed by atoms with Crippen molar-refractivity contribution >= 4 is 36.3 Å². The third-order valence-electron chi connectivity index (χ3n) is 5.36. The van der Waals surface area contributed by atoms with Gasteiger partial charge in [-0.05, 0) is 65.2 Å². The third kappa shape index (κ3) is 7.56. The Morgan fingerprint density at radius 1 is 1.25 bits per heavy atom. The first-order chi connectivity index (χ1) is 16.6. The molecule has 36 heavy (non-hydrogen) atoms. The summed E-state index contributed by atoms with van der Waals surface area (Å²) in [7, 11) is -3.76. The highest BCUT2D eigenvalue weighted by Gasteiger charge is 2.42. The molecule has 13 heteroatoms. The summed E-state index contributed by atoms with van der Waals surface area (Å²) in [6, 6.07) is 3.87. The number of benzene rings is 1. The second-order valence-electron chi connectivity index (χ2n) is 9.42. The summed E-state index contributed by atoms with van der Waals surface area (Å²) in [5.41, 5.74) is 11.0. The second kappa shape index (κ2) is 11.6. The summed E-state index contributed by atoms with van der Waals surface area (Å²) in [4.78, 5) is 39.9. The number of nitrogens with two attached hydrogens (primary N) is 2. The van der Waals surface area contributed by atoms with Gasteiger partial charge in [-0.25, -0.2) is 14.7 Å². The van der Waals surface area contributed by atoms with E-state index in [0.29, 0.717) is 11.8 Å². The lowest BCUT2D eigenvalue weighted by Gasteiger charge is -2.33. The Balaban J connectivity index is 2.19. The summed E-state index contributed by atoms with van der Waals surface area (Å²) in [5.74, 6) is -1.82. The molecule has 1 heterocycles. The molecule has 1 unspecified atom stereocenters. The SMILES string of the molecule is Cc1cc(=O)oc2cc(OP(=O)(N[C@@H](C)C(=O)N[C@@H](CCCN=C(N)N)C(=O)O)C(C)(C)C)ccc12. The number of aryl methyl sites for hydroxylation is 1. The van der Waals surface area contributed by atoms with Gasteiger partial charge in [0.05, 0.1) is 11.2 Å². The molecule has 3 atom stereocenters. The van der Waals surface area contributed by atoms with Crippen molar-refractivity contribution in [3.8, 4) is 5.75 Å². The Bertz CT molecular complexity index is 1250. The smallest absolute Gasteiger partial charge is 0.336 e. The average Bonchev–Trinajstić information content (AvgIpc) is 2.74. The largest absolute Gasteiger partial charge is 0.480 e. The topological polar surface area (TPSA) is 199 Å². The van der Waals surface area contributed by atoms with Crippen molar-refractivity contribution in [2.45, 2.75) is 64.7 Å². The van der Waals surface area contributed by atoms with E-state index in [1.165, 1.54) is 19.1 Å². The molecular formula is C23H34N5O7P. The van der Waals surface area contributed by atoms with Crippen LogP contribution in [0.25, 0.3) is 11.0 Å². The molecule has 1 amide bonds. The predicted molar refractivity (Wildman–Crippen MR) is 137 cm³/mol. The molecule has 0 aliphatic rings. The number of amides is 1. The van der Waals surface area contributed by atoms with Gasteiger partial charge in [0.1, 0.15) is 17.4 Å². The molecule has 0 saturated carbocycles. The number of fused-ring (bicyclic) bond motifs is 1. The molecule has 2 rings (SSSR count). The fraction of sp³-hybridized carbons (Fsp3) is 0.478. The van der Waals surface area contributed by atoms with Gasteiger partial charge in [-0.15, -0.1) is 0 Å². The maximum absolute atomic E-state index is 13.9. The van der Waals surface area contributed by atoms with Crippen LogP contribution in [0.5, 0.6) is 5.75 Å². The van der Waals surface area contributed by atoms with Crippen LogP contribution in [0.15, 0.2) is 38.5 Å². The van der Waals surface area contributed by atoms with Gasteiger partial charge in [0.25, 0.3) is 0 Å². The van der Waals surface area contributed by atoms with E-state index in [2.05, 4.69) is 15.4 Å². The van der Waals surface area contributed by atoms with Crippen LogP contribution in [0.2, 0.25) is 0 Å². The quantitative estimate of drug-likeness (QED) is 0.0954. The highest BCUT2D eigenvalue weighted by molar-refractivity contribution is 7.59. The number of rotatable bonds is 11. The van der Waals surface area contributed by atoms with Gasteiger partial charge in [0, 0.05) is 24.1 Å². The fourth-order valence-electron chi connectivity index (χ4n) is 3.24. The first-order valence-electron chi connectivity index (χ1n) is 11.3. The van der Waals surface area contributed by atoms with Gasteiger partial charge in [-0.2, -0.15) is 0 Å². The van der Waals surface area contributed by atoms with Crippen molar-refractivity contribution in [2.75, 3.05) is 6.54 Å². The van der Waals surface area contributed by atoms with E-state index in [1.807, 2.05) is 0 Å². The molecule has 0 aliphatic heterocycles. The fourth-order valence-corrected chi connectivity index (χ4v) is 4.99. The number of carboxylic acids is 1. The summed E-state index contributed by atoms with van der Waals surface area (Å²) >= 11 is 0. The Labute approximate surface area is 209 Å². The molecule has 0 radical (unpaired) electrons. The van der Waals surface area contributed by atoms with E-state index in [1.54, 1.807) is 39.8 Å². The number of hydrogen-bond donors (Lipinski definition) is 5. The van der Waals surface area contributed by atoms with Crippen molar-refractivity contribution < 1.29 is 28.2 Å². The first kappa shape index (κ1) is 28.9. The Hall–Kier alpha value is -3.37. The number of carbonyl (C=O) groups is 2. The van der Waals surface area contributed by atoms with Crippen LogP contribution in [0.3, 0.4) is 0 Å². The van der Waals surface area contributed by atoms with Crippen LogP contribution in [0, 0.1) is 6.92 Å². The zero-order chi connectivity index (χ0) is 27.3. The van der Waals surface area contributed by atoms with Crippen LogP contribution < -0.4 is 32.0 Å². The van der Waals surface area contributed by atoms with Crippen molar-refractivity contribution in [1.29, 1.82) is 0 Å². The predicted octanol–water partition coefficient (Wildman–Crippen LogP) is 2.07. The maximum Gasteiger partial charge on any atom is 0.336 e. The summed E-state index contributed by atoms with van der Waals surface area (Å²) in [6.45, 7) is 8.49. The number of aliphatic imine (C=N–C) groups is 1. The van der Waals surface area contributed by atoms with Gasteiger partial charge >= 0.3 is 19.1 Å². The zero-order valence-electron chi connectivity index (χ0n) is 21.0. The van der Waals surface area contributed by atoms with Gasteiger partial charge < -0.3 is 30.8 Å². The molecule has 12 nitrogen and oxygen atoms in total. The molecule has 198 valence electrons. The van der Waals surface area contributed by atoms with Crippen molar-refractivity contribution in [3.05, 3.63) is 40.2 Å². The molecule has 0 fully saturated rings. The van der Waals surface area contributed by atoms with Crippen molar-refractivity contribution in [2.24, 2.45) is 16.5 Å². The normalized spacial score (nSPS) is 14.9. The zero-order valence-corrected chi connectivity index (χ0v) is 21.9. The average molecular weight is 524 g/mol. The van der Waals surface area contributed by atoms with Crippen LogP contribution in [0.4, 0.5) is 0 Å². The van der Waals surface area contributed by atoms with E-state index < -0.39 is 42.3 Å². The minimum Gasteiger partial charge on any atom is -0.480 e. The number of aliphatic carboxylic acids is 1. The minimum atomic E-state index is -3.76. The number of hydrogen-bond acceptors (Lipinski definition) is 7. The Morgan fingerprint density at radius 2 is 1.92 bits per heavy atom. The molecule has 0 bridgehead atoms. The highest BCUT2D eigenvalue weighted by Crippen LogP contribution is 2.55. The van der Waals surface area contributed by atoms with Crippen LogP contribution in [0.1, 0.15) is 46.1 Å². The van der Waals surface area contributed by atoms with E-state index in [0.717, 1.165) is 5.56 Å². The lowest BCUT2D eigenvalue weighted by molar-refractivity contribution is -0.142. The van der Waals surface area contributed by atoms with Crippen LogP contribution in [-0.2, 0) is 14.2 Å². The van der Waals surface area contributed by atoms with Gasteiger partial charge in [-0.1, -0.05) is 0 Å². The molecule has 1 aromatic heterocycles. The van der Waals surface area contributed by atoms with E-state index in [9.17, 15) is 24.1 Å². The van der Waals surface area contributed by atoms with E-state index in [-0.39, 0.29) is 30.3 Å². The van der Waals surface area contributed by atoms with E-state index in [4.69, 9.17) is 20.4 Å². The molecular weight excluding hydrogens is 489 g/mol. The molecule has 2 aromatic rings. The number of carboxylic acid groups (broad SMARTS) is 1. The molecule has 7 N–H and O–H groups in total. The lowest BCUT2D eigenvalue weighted by atomic mass is 10.1. The minimum absolute atomic E-state index is 0.0969. The van der Waals surface area contributed by atoms with E-state index >= 15 is 0 Å². The highest BCUT2D eigenvalue weighted by atomic mass is 31.2. The summed E-state index contributed by atoms with van der Waals surface area (Å²) in [6.07, 6.45) is 0.428. The molecule has 1 aromatic carbocycles. The standard InChI is InChI=1S/C23H34N5O7P/c1-13-11-19(29)34-18-12-15(8-9-16(13)18)35-36(33,23(3,4)5)28-14(2)20(30)27-17(21(31)32)7-6-10-26-22(24)25/h8-9,11-12,14,17H,6-7,10H2,1-5H3,(H,27,30)(H,28,33)(H,31,32)(H4,24,25,26)/t14-,17-,36?/m0/s1. The molecule has 0 spiro atoms. The lowest BCUT2D eigenvalue weighted by Crippen LogP contribution is -2.49. The van der Waals surface area contributed by atoms with Gasteiger partial charge in [0.2, 0.25) is 5.91 Å². The maximum atomic E-state index is 13.9. The van der Waals surface area contributed by atoms with Crippen LogP contribution in [-0.4, -0.2) is 46.7 Å². The Kier molecular flexibility index (Phi) is 9.28. The second-order valence-corrected chi connectivity index (χ2v) is 12.3. The molecule has 0 aliphatic carbocycles. The number of guanidine groups is 1. The van der Waals surface area contributed by atoms with Crippen molar-refractivity contribution in [1.82, 2.24) is 10.4 Å². The van der Waals surface area contributed by atoms with Gasteiger partial charge in [0.15, 0.2) is 5.96 Å². The summed E-state index contributed by atoms with van der Waals surface area (Å²) in [5, 5.41) is 14.4.